The van der Waals surface area contributed by atoms with Crippen LogP contribution in [0, 0.1) is 5.41 Å². The molecule has 1 aliphatic heterocycles. The number of benzene rings is 3. The molecule has 1 saturated heterocycles. The van der Waals surface area contributed by atoms with E-state index in [1.807, 2.05) is 6.07 Å². The lowest BCUT2D eigenvalue weighted by molar-refractivity contribution is -0.153. The van der Waals surface area contributed by atoms with Crippen molar-refractivity contribution < 1.29 is 27.5 Å². The number of nitrogens with zero attached hydrogens (tertiary/aromatic N) is 1. The molecule has 10 nitrogen and oxygen atoms in total. The zero-order valence-corrected chi connectivity index (χ0v) is 22.0. The van der Waals surface area contributed by atoms with E-state index in [1.165, 1.54) is 24.1 Å². The average molecular weight is 539 g/mol. The minimum absolute atomic E-state index is 0.0250. The van der Waals surface area contributed by atoms with E-state index in [2.05, 4.69) is 4.72 Å². The maximum absolute atomic E-state index is 13.3. The van der Waals surface area contributed by atoms with Gasteiger partial charge in [0.05, 0.1) is 18.6 Å². The van der Waals surface area contributed by atoms with Crippen LogP contribution in [0.4, 0.5) is 0 Å². The van der Waals surface area contributed by atoms with Crippen molar-refractivity contribution in [1.29, 1.82) is 5.41 Å². The first-order valence-corrected chi connectivity index (χ1v) is 13.6. The third-order valence-electron chi connectivity index (χ3n) is 6.50. The summed E-state index contributed by atoms with van der Waals surface area (Å²) in [4.78, 5) is 27.5. The van der Waals surface area contributed by atoms with Crippen LogP contribution < -0.4 is 15.2 Å². The molecule has 3 aromatic carbocycles. The van der Waals surface area contributed by atoms with Crippen molar-refractivity contribution in [3.05, 3.63) is 71.8 Å². The van der Waals surface area contributed by atoms with Crippen LogP contribution in [0.2, 0.25) is 0 Å². The largest absolute Gasteiger partial charge is 0.497 e. The fraction of sp³-hybridized carbons (Fsp3) is 0.296. The Morgan fingerprint density at radius 1 is 1.13 bits per heavy atom. The summed E-state index contributed by atoms with van der Waals surface area (Å²) >= 11 is 0. The number of likely N-dealkylation sites (tertiary alicyclic amines) is 1. The quantitative estimate of drug-likeness (QED) is 0.203. The molecule has 0 bridgehead atoms. The van der Waals surface area contributed by atoms with E-state index in [1.54, 1.807) is 49.4 Å². The second-order valence-corrected chi connectivity index (χ2v) is 10.7. The first-order valence-electron chi connectivity index (χ1n) is 12.1. The number of carbonyl (C=O) groups is 2. The van der Waals surface area contributed by atoms with Gasteiger partial charge >= 0.3 is 5.97 Å². The summed E-state index contributed by atoms with van der Waals surface area (Å²) in [7, 11) is -2.49. The standard InChI is InChI=1S/C27H30N4O6S/c1-3-37-27(33)24(14-17-4-6-19(7-5-17)25(28)29)31-13-12-23(26(31)32)30-38(34,35)22-11-9-18-8-10-21(36-2)15-20(18)16-22/h4-11,15-16,23-24,30H,3,12-14H2,1-2H3,(H3,28,29). The summed E-state index contributed by atoms with van der Waals surface area (Å²) in [5.41, 5.74) is 6.80. The predicted molar refractivity (Wildman–Crippen MR) is 143 cm³/mol. The van der Waals surface area contributed by atoms with Crippen molar-refractivity contribution in [3.63, 3.8) is 0 Å². The van der Waals surface area contributed by atoms with Crippen molar-refractivity contribution in [3.8, 4) is 5.75 Å². The summed E-state index contributed by atoms with van der Waals surface area (Å²) in [6.07, 6.45) is 0.382. The molecule has 38 heavy (non-hydrogen) atoms. The van der Waals surface area contributed by atoms with Crippen LogP contribution in [-0.2, 0) is 30.8 Å². The topological polar surface area (TPSA) is 152 Å². The average Bonchev–Trinajstić information content (AvgIpc) is 3.25. The molecule has 4 N–H and O–H groups in total. The normalized spacial score (nSPS) is 16.4. The smallest absolute Gasteiger partial charge is 0.329 e. The number of esters is 1. The molecule has 3 aromatic rings. The second kappa shape index (κ2) is 11.2. The number of amidine groups is 1. The Hall–Kier alpha value is -3.96. The van der Waals surface area contributed by atoms with Gasteiger partial charge in [-0.2, -0.15) is 4.72 Å². The van der Waals surface area contributed by atoms with Gasteiger partial charge in [0, 0.05) is 18.5 Å². The molecule has 11 heteroatoms. The van der Waals surface area contributed by atoms with Gasteiger partial charge in [0.15, 0.2) is 0 Å². The van der Waals surface area contributed by atoms with Crippen LogP contribution in [0.25, 0.3) is 10.8 Å². The van der Waals surface area contributed by atoms with Gasteiger partial charge in [-0.05, 0) is 53.9 Å². The molecule has 2 unspecified atom stereocenters. The van der Waals surface area contributed by atoms with Crippen LogP contribution in [-0.4, -0.2) is 63.4 Å². The van der Waals surface area contributed by atoms with Crippen LogP contribution in [0.3, 0.4) is 0 Å². The first kappa shape index (κ1) is 27.1. The Kier molecular flexibility index (Phi) is 7.98. The highest BCUT2D eigenvalue weighted by Gasteiger charge is 2.41. The van der Waals surface area contributed by atoms with Crippen molar-refractivity contribution in [2.75, 3.05) is 20.3 Å². The summed E-state index contributed by atoms with van der Waals surface area (Å²) in [6, 6.07) is 14.9. The Morgan fingerprint density at radius 2 is 1.84 bits per heavy atom. The van der Waals surface area contributed by atoms with E-state index in [0.717, 1.165) is 10.9 Å². The summed E-state index contributed by atoms with van der Waals surface area (Å²) in [5, 5.41) is 9.07. The molecule has 0 aliphatic carbocycles. The molecule has 1 heterocycles. The number of rotatable bonds is 10. The number of sulfonamides is 1. The minimum atomic E-state index is -4.03. The minimum Gasteiger partial charge on any atom is -0.497 e. The van der Waals surface area contributed by atoms with Gasteiger partial charge < -0.3 is 20.1 Å². The molecule has 0 spiro atoms. The Bertz CT molecular complexity index is 1470. The number of fused-ring (bicyclic) bond motifs is 1. The Balaban J connectivity index is 1.53. The van der Waals surface area contributed by atoms with E-state index in [-0.39, 0.29) is 36.7 Å². The zero-order valence-electron chi connectivity index (χ0n) is 21.1. The number of nitrogen functional groups attached to an aromatic ring is 1. The fourth-order valence-electron chi connectivity index (χ4n) is 4.48. The highest BCUT2D eigenvalue weighted by atomic mass is 32.2. The van der Waals surface area contributed by atoms with Gasteiger partial charge in [0.1, 0.15) is 23.7 Å². The fourth-order valence-corrected chi connectivity index (χ4v) is 5.73. The van der Waals surface area contributed by atoms with Crippen LogP contribution in [0.15, 0.2) is 65.6 Å². The lowest BCUT2D eigenvalue weighted by Crippen LogP contribution is -2.48. The van der Waals surface area contributed by atoms with Crippen LogP contribution in [0.1, 0.15) is 24.5 Å². The molecule has 0 saturated carbocycles. The number of nitrogens with one attached hydrogen (secondary N) is 2. The molecule has 4 rings (SSSR count). The molecule has 0 aromatic heterocycles. The Morgan fingerprint density at radius 3 is 2.50 bits per heavy atom. The highest BCUT2D eigenvalue weighted by molar-refractivity contribution is 7.89. The number of nitrogens with two attached hydrogens (primary N) is 1. The molecule has 1 fully saturated rings. The van der Waals surface area contributed by atoms with E-state index in [4.69, 9.17) is 20.6 Å². The monoisotopic (exact) mass is 538 g/mol. The molecular formula is C27H30N4O6S. The molecule has 2 atom stereocenters. The molecular weight excluding hydrogens is 508 g/mol. The van der Waals surface area contributed by atoms with Gasteiger partial charge in [-0.1, -0.05) is 36.4 Å². The summed E-state index contributed by atoms with van der Waals surface area (Å²) in [6.45, 7) is 2.01. The van der Waals surface area contributed by atoms with Gasteiger partial charge in [-0.25, -0.2) is 13.2 Å². The van der Waals surface area contributed by atoms with E-state index >= 15 is 0 Å². The lowest BCUT2D eigenvalue weighted by Gasteiger charge is -2.26. The van der Waals surface area contributed by atoms with E-state index in [9.17, 15) is 18.0 Å². The van der Waals surface area contributed by atoms with E-state index < -0.39 is 34.0 Å². The third kappa shape index (κ3) is 5.79. The number of amides is 1. The third-order valence-corrected chi connectivity index (χ3v) is 7.96. The Labute approximate surface area is 221 Å². The molecule has 0 radical (unpaired) electrons. The zero-order chi connectivity index (χ0) is 27.4. The number of carbonyl (C=O) groups excluding carboxylic acids is 2. The highest BCUT2D eigenvalue weighted by Crippen LogP contribution is 2.25. The van der Waals surface area contributed by atoms with Crippen molar-refractivity contribution in [2.45, 2.75) is 36.7 Å². The van der Waals surface area contributed by atoms with Gasteiger partial charge in [0.25, 0.3) is 0 Å². The predicted octanol–water partition coefficient (Wildman–Crippen LogP) is 2.19. The van der Waals surface area contributed by atoms with Gasteiger partial charge in [0.2, 0.25) is 15.9 Å². The maximum atomic E-state index is 13.3. The molecule has 1 amide bonds. The summed E-state index contributed by atoms with van der Waals surface area (Å²) in [5.74, 6) is -0.533. The van der Waals surface area contributed by atoms with Gasteiger partial charge in [-0.15, -0.1) is 0 Å². The summed E-state index contributed by atoms with van der Waals surface area (Å²) < 4.78 is 39.4. The SMILES string of the molecule is CCOC(=O)C(Cc1ccc(C(=N)N)cc1)N1CCC(NS(=O)(=O)c2ccc3ccc(OC)cc3c2)C1=O. The van der Waals surface area contributed by atoms with Crippen molar-refractivity contribution in [1.82, 2.24) is 9.62 Å². The van der Waals surface area contributed by atoms with E-state index in [0.29, 0.717) is 16.7 Å². The number of hydrogen-bond acceptors (Lipinski definition) is 7. The lowest BCUT2D eigenvalue weighted by atomic mass is 10.0. The number of methoxy groups -OCH3 is 1. The van der Waals surface area contributed by atoms with Gasteiger partial charge in [-0.3, -0.25) is 10.2 Å². The molecule has 1 aliphatic rings. The number of hydrogen-bond donors (Lipinski definition) is 3. The number of ether oxygens (including phenoxy) is 2. The van der Waals surface area contributed by atoms with Crippen LogP contribution in [0.5, 0.6) is 5.75 Å². The maximum Gasteiger partial charge on any atom is 0.329 e. The first-order chi connectivity index (χ1) is 18.1. The van der Waals surface area contributed by atoms with Crippen molar-refractivity contribution in [2.24, 2.45) is 5.73 Å². The van der Waals surface area contributed by atoms with Crippen LogP contribution >= 0.6 is 0 Å². The second-order valence-electron chi connectivity index (χ2n) is 8.95. The molecule has 200 valence electrons. The van der Waals surface area contributed by atoms with Crippen molar-refractivity contribution >= 4 is 38.5 Å².